The molecule has 2 aromatic rings. The number of hydrogen-bond donors (Lipinski definition) is 3. The molecule has 3 N–H and O–H groups in total. The van der Waals surface area contributed by atoms with E-state index in [1.165, 1.54) is 0 Å². The van der Waals surface area contributed by atoms with Crippen molar-refractivity contribution in [3.05, 3.63) is 59.7 Å². The second-order valence-corrected chi connectivity index (χ2v) is 8.80. The van der Waals surface area contributed by atoms with Crippen molar-refractivity contribution in [3.63, 3.8) is 0 Å². The molecular formula is C26H31N3O5. The van der Waals surface area contributed by atoms with Gasteiger partial charge in [-0.1, -0.05) is 32.9 Å². The molecule has 1 heterocycles. The molecule has 8 heteroatoms. The summed E-state index contributed by atoms with van der Waals surface area (Å²) in [5.41, 5.74) is 1.02. The van der Waals surface area contributed by atoms with Gasteiger partial charge in [0.15, 0.2) is 0 Å². The van der Waals surface area contributed by atoms with E-state index in [-0.39, 0.29) is 29.5 Å². The van der Waals surface area contributed by atoms with Crippen LogP contribution in [0.2, 0.25) is 0 Å². The average Bonchev–Trinajstić information content (AvgIpc) is 2.83. The lowest BCUT2D eigenvalue weighted by Gasteiger charge is -2.35. The second kappa shape index (κ2) is 10.5. The van der Waals surface area contributed by atoms with E-state index in [2.05, 4.69) is 16.0 Å². The molecule has 1 aliphatic heterocycles. The third-order valence-electron chi connectivity index (χ3n) is 6.36. The van der Waals surface area contributed by atoms with Crippen LogP contribution in [-0.4, -0.2) is 36.8 Å². The number of amides is 4. The van der Waals surface area contributed by atoms with Crippen molar-refractivity contribution >= 4 is 29.3 Å². The number of rotatable bonds is 8. The fourth-order valence-electron chi connectivity index (χ4n) is 4.16. The smallest absolute Gasteiger partial charge is 0.251 e. The Morgan fingerprint density at radius 1 is 1.06 bits per heavy atom. The van der Waals surface area contributed by atoms with E-state index in [1.54, 1.807) is 55.6 Å². The first kappa shape index (κ1) is 25.0. The summed E-state index contributed by atoms with van der Waals surface area (Å²) >= 11 is 0. The molecular weight excluding hydrogens is 434 g/mol. The SMILES string of the molecule is CCC1(c2ccc(NC(=O)C(NC(=O)c3ccc(OC)cc3)C(C)C)cc2)CCC(=O)NC1=O. The Hall–Kier alpha value is -3.68. The molecule has 2 unspecified atom stereocenters. The molecule has 3 rings (SSSR count). The molecule has 1 saturated heterocycles. The van der Waals surface area contributed by atoms with Crippen LogP contribution in [0.5, 0.6) is 5.75 Å². The Labute approximate surface area is 199 Å². The van der Waals surface area contributed by atoms with Gasteiger partial charge in [-0.3, -0.25) is 24.5 Å². The van der Waals surface area contributed by atoms with Gasteiger partial charge in [0.05, 0.1) is 12.5 Å². The standard InChI is InChI=1S/C26H31N3O5/c1-5-26(15-14-21(30)28-25(26)33)18-8-10-19(11-9-18)27-24(32)22(16(2)3)29-23(31)17-6-12-20(34-4)13-7-17/h6-13,16,22H,5,14-15H2,1-4H3,(H,27,32)(H,29,31)(H,28,30,33). The van der Waals surface area contributed by atoms with Crippen LogP contribution < -0.4 is 20.7 Å². The Morgan fingerprint density at radius 2 is 1.71 bits per heavy atom. The van der Waals surface area contributed by atoms with Crippen molar-refractivity contribution in [2.24, 2.45) is 5.92 Å². The fraction of sp³-hybridized carbons (Fsp3) is 0.385. The summed E-state index contributed by atoms with van der Waals surface area (Å²) in [6.07, 6.45) is 1.30. The molecule has 34 heavy (non-hydrogen) atoms. The minimum atomic E-state index is -0.761. The highest BCUT2D eigenvalue weighted by Crippen LogP contribution is 2.36. The first-order chi connectivity index (χ1) is 16.2. The molecule has 4 amide bonds. The molecule has 0 radical (unpaired) electrons. The van der Waals surface area contributed by atoms with Crippen LogP contribution in [0.3, 0.4) is 0 Å². The number of hydrogen-bond acceptors (Lipinski definition) is 5. The summed E-state index contributed by atoms with van der Waals surface area (Å²) in [6, 6.07) is 13.0. The van der Waals surface area contributed by atoms with Gasteiger partial charge in [-0.15, -0.1) is 0 Å². The molecule has 0 spiro atoms. The Bertz CT molecular complexity index is 1060. The molecule has 0 aliphatic carbocycles. The van der Waals surface area contributed by atoms with Crippen molar-refractivity contribution in [1.82, 2.24) is 10.6 Å². The lowest BCUT2D eigenvalue weighted by molar-refractivity contribution is -0.138. The largest absolute Gasteiger partial charge is 0.497 e. The number of carbonyl (C=O) groups excluding carboxylic acids is 4. The molecule has 8 nitrogen and oxygen atoms in total. The van der Waals surface area contributed by atoms with E-state index in [9.17, 15) is 19.2 Å². The molecule has 2 aromatic carbocycles. The highest BCUT2D eigenvalue weighted by Gasteiger charge is 2.42. The zero-order valence-corrected chi connectivity index (χ0v) is 19.9. The third-order valence-corrected chi connectivity index (χ3v) is 6.36. The van der Waals surface area contributed by atoms with Gasteiger partial charge in [-0.05, 0) is 60.7 Å². The monoisotopic (exact) mass is 465 g/mol. The van der Waals surface area contributed by atoms with E-state index >= 15 is 0 Å². The van der Waals surface area contributed by atoms with Gasteiger partial charge in [0, 0.05) is 17.7 Å². The number of methoxy groups -OCH3 is 1. The van der Waals surface area contributed by atoms with Crippen LogP contribution in [0, 0.1) is 5.92 Å². The summed E-state index contributed by atoms with van der Waals surface area (Å²) in [5, 5.41) is 8.09. The van der Waals surface area contributed by atoms with Gasteiger partial charge in [-0.2, -0.15) is 0 Å². The number of nitrogens with one attached hydrogen (secondary N) is 3. The van der Waals surface area contributed by atoms with Crippen LogP contribution in [0.15, 0.2) is 48.5 Å². The lowest BCUT2D eigenvalue weighted by atomic mass is 9.72. The normalized spacial score (nSPS) is 18.7. The molecule has 1 aliphatic rings. The molecule has 180 valence electrons. The molecule has 1 fully saturated rings. The highest BCUT2D eigenvalue weighted by atomic mass is 16.5. The van der Waals surface area contributed by atoms with E-state index in [4.69, 9.17) is 4.74 Å². The number of imide groups is 1. The minimum absolute atomic E-state index is 0.145. The zero-order valence-electron chi connectivity index (χ0n) is 19.9. The predicted molar refractivity (Wildman–Crippen MR) is 129 cm³/mol. The van der Waals surface area contributed by atoms with Gasteiger partial charge in [0.1, 0.15) is 11.8 Å². The van der Waals surface area contributed by atoms with Crippen molar-refractivity contribution in [2.75, 3.05) is 12.4 Å². The maximum atomic E-state index is 13.0. The first-order valence-corrected chi connectivity index (χ1v) is 11.4. The maximum absolute atomic E-state index is 13.0. The highest BCUT2D eigenvalue weighted by molar-refractivity contribution is 6.04. The zero-order chi connectivity index (χ0) is 24.9. The van der Waals surface area contributed by atoms with Crippen LogP contribution in [0.4, 0.5) is 5.69 Å². The molecule has 0 saturated carbocycles. The number of carbonyl (C=O) groups is 4. The van der Waals surface area contributed by atoms with Crippen molar-refractivity contribution in [3.8, 4) is 5.75 Å². The van der Waals surface area contributed by atoms with E-state index in [0.29, 0.717) is 36.3 Å². The molecule has 2 atom stereocenters. The fourth-order valence-corrected chi connectivity index (χ4v) is 4.16. The number of benzene rings is 2. The summed E-state index contributed by atoms with van der Waals surface area (Å²) in [7, 11) is 1.55. The summed E-state index contributed by atoms with van der Waals surface area (Å²) in [5.74, 6) is -0.738. The molecule has 0 aromatic heterocycles. The lowest BCUT2D eigenvalue weighted by Crippen LogP contribution is -2.51. The van der Waals surface area contributed by atoms with E-state index in [1.807, 2.05) is 20.8 Å². The summed E-state index contributed by atoms with van der Waals surface area (Å²) in [4.78, 5) is 49.8. The second-order valence-electron chi connectivity index (χ2n) is 8.80. The Balaban J connectivity index is 1.70. The number of piperidine rings is 1. The molecule has 0 bridgehead atoms. The van der Waals surface area contributed by atoms with Gasteiger partial charge < -0.3 is 15.4 Å². The first-order valence-electron chi connectivity index (χ1n) is 11.4. The van der Waals surface area contributed by atoms with Crippen LogP contribution in [0.1, 0.15) is 56.0 Å². The minimum Gasteiger partial charge on any atom is -0.497 e. The Morgan fingerprint density at radius 3 is 2.24 bits per heavy atom. The third kappa shape index (κ3) is 5.27. The quantitative estimate of drug-likeness (QED) is 0.518. The Kier molecular flexibility index (Phi) is 7.71. The van der Waals surface area contributed by atoms with Crippen LogP contribution in [-0.2, 0) is 19.8 Å². The predicted octanol–water partition coefficient (Wildman–Crippen LogP) is 3.17. The van der Waals surface area contributed by atoms with E-state index < -0.39 is 11.5 Å². The summed E-state index contributed by atoms with van der Waals surface area (Å²) < 4.78 is 5.11. The van der Waals surface area contributed by atoms with Crippen LogP contribution in [0.25, 0.3) is 0 Å². The van der Waals surface area contributed by atoms with Crippen LogP contribution >= 0.6 is 0 Å². The van der Waals surface area contributed by atoms with Crippen molar-refractivity contribution < 1.29 is 23.9 Å². The van der Waals surface area contributed by atoms with Gasteiger partial charge >= 0.3 is 0 Å². The van der Waals surface area contributed by atoms with Gasteiger partial charge in [-0.25, -0.2) is 0 Å². The maximum Gasteiger partial charge on any atom is 0.251 e. The number of anilines is 1. The number of ether oxygens (including phenoxy) is 1. The summed E-state index contributed by atoms with van der Waals surface area (Å²) in [6.45, 7) is 5.63. The van der Waals surface area contributed by atoms with Gasteiger partial charge in [0.2, 0.25) is 17.7 Å². The van der Waals surface area contributed by atoms with Crippen molar-refractivity contribution in [1.29, 1.82) is 0 Å². The van der Waals surface area contributed by atoms with E-state index in [0.717, 1.165) is 5.56 Å². The van der Waals surface area contributed by atoms with Crippen molar-refractivity contribution in [2.45, 2.75) is 51.5 Å². The topological polar surface area (TPSA) is 114 Å². The van der Waals surface area contributed by atoms with Gasteiger partial charge in [0.25, 0.3) is 5.91 Å². The average molecular weight is 466 g/mol.